The SMILES string of the molecule is CNc1nc(NC(=O)CC(C)C)nc2c1ncn2[C@H]1CC(C[C@H](CC(=O)O)[C@@H](C)F)C(COC(=O)CC(C)C)O1. The number of ether oxygens (including phenoxy) is 2. The van der Waals surface area contributed by atoms with E-state index in [0.717, 1.165) is 0 Å². The molecular weight excluding hydrogens is 523 g/mol. The Morgan fingerprint density at radius 3 is 2.45 bits per heavy atom. The first-order valence-electron chi connectivity index (χ1n) is 13.8. The van der Waals surface area contributed by atoms with Gasteiger partial charge in [-0.15, -0.1) is 0 Å². The molecule has 13 heteroatoms. The Morgan fingerprint density at radius 2 is 1.85 bits per heavy atom. The summed E-state index contributed by atoms with van der Waals surface area (Å²) in [5.74, 6) is -1.83. The number of nitrogens with zero attached hydrogens (tertiary/aromatic N) is 4. The number of anilines is 2. The fourth-order valence-electron chi connectivity index (χ4n) is 4.90. The third-order valence-corrected chi connectivity index (χ3v) is 6.85. The maximum atomic E-state index is 14.4. The van der Waals surface area contributed by atoms with Crippen LogP contribution in [0.15, 0.2) is 6.33 Å². The van der Waals surface area contributed by atoms with Crippen molar-refractivity contribution in [3.8, 4) is 0 Å². The first-order valence-corrected chi connectivity index (χ1v) is 13.8. The van der Waals surface area contributed by atoms with Gasteiger partial charge in [0.1, 0.15) is 19.0 Å². The number of carboxylic acid groups (broad SMARTS) is 1. The summed E-state index contributed by atoms with van der Waals surface area (Å²) in [5.41, 5.74) is 0.888. The Hall–Kier alpha value is -3.35. The van der Waals surface area contributed by atoms with Crippen molar-refractivity contribution in [3.05, 3.63) is 6.33 Å². The lowest BCUT2D eigenvalue weighted by molar-refractivity contribution is -0.150. The fourth-order valence-corrected chi connectivity index (χ4v) is 4.90. The number of fused-ring (bicyclic) bond motifs is 1. The first kappa shape index (κ1) is 31.2. The highest BCUT2D eigenvalue weighted by Crippen LogP contribution is 2.40. The van der Waals surface area contributed by atoms with Crippen LogP contribution in [-0.2, 0) is 23.9 Å². The standard InChI is InChI=1S/C27H41FN6O6/c1-14(2)7-20(35)31-27-32-25(29-6)24-26(33-27)34(13-30-24)21-10-18(9-17(16(5)28)11-22(36)37)19(40-21)12-39-23(38)8-15(3)4/h13-19,21H,7-12H2,1-6H3,(H,36,37)(H2,29,31,32,33,35)/t16-,17-,18?,19?,21-/m1/s1. The normalized spacial score (nSPS) is 20.6. The van der Waals surface area contributed by atoms with Crippen molar-refractivity contribution in [1.29, 1.82) is 0 Å². The van der Waals surface area contributed by atoms with Gasteiger partial charge in [0.25, 0.3) is 0 Å². The van der Waals surface area contributed by atoms with E-state index in [-0.39, 0.29) is 61.4 Å². The van der Waals surface area contributed by atoms with Crippen molar-refractivity contribution in [3.63, 3.8) is 0 Å². The summed E-state index contributed by atoms with van der Waals surface area (Å²) in [6.07, 6.45) is -0.0626. The number of carbonyl (C=O) groups excluding carboxylic acids is 2. The average molecular weight is 565 g/mol. The molecule has 3 heterocycles. The van der Waals surface area contributed by atoms with Crippen molar-refractivity contribution in [2.24, 2.45) is 23.7 Å². The minimum Gasteiger partial charge on any atom is -0.481 e. The highest BCUT2D eigenvalue weighted by molar-refractivity contribution is 5.91. The van der Waals surface area contributed by atoms with Gasteiger partial charge < -0.3 is 19.9 Å². The van der Waals surface area contributed by atoms with Crippen molar-refractivity contribution in [1.82, 2.24) is 19.5 Å². The van der Waals surface area contributed by atoms with E-state index in [9.17, 15) is 23.9 Å². The molecule has 3 rings (SSSR count). The molecule has 2 aromatic rings. The fraction of sp³-hybridized carbons (Fsp3) is 0.704. The molecule has 2 unspecified atom stereocenters. The lowest BCUT2D eigenvalue weighted by Gasteiger charge is -2.24. The molecule has 0 aliphatic carbocycles. The van der Waals surface area contributed by atoms with Gasteiger partial charge in [-0.2, -0.15) is 9.97 Å². The van der Waals surface area contributed by atoms with E-state index in [1.54, 1.807) is 17.9 Å². The molecule has 1 aliphatic heterocycles. The van der Waals surface area contributed by atoms with Crippen molar-refractivity contribution < 1.29 is 33.4 Å². The summed E-state index contributed by atoms with van der Waals surface area (Å²) in [6, 6.07) is 0. The van der Waals surface area contributed by atoms with E-state index in [1.807, 2.05) is 27.7 Å². The number of halogens is 1. The third-order valence-electron chi connectivity index (χ3n) is 6.85. The van der Waals surface area contributed by atoms with Gasteiger partial charge in [-0.1, -0.05) is 27.7 Å². The average Bonchev–Trinajstić information content (AvgIpc) is 3.44. The summed E-state index contributed by atoms with van der Waals surface area (Å²) in [6.45, 7) is 9.02. The third kappa shape index (κ3) is 8.33. The number of carboxylic acids is 1. The van der Waals surface area contributed by atoms with E-state index in [2.05, 4.69) is 25.6 Å². The van der Waals surface area contributed by atoms with Gasteiger partial charge in [-0.3, -0.25) is 24.3 Å². The van der Waals surface area contributed by atoms with Crippen LogP contribution in [0.3, 0.4) is 0 Å². The molecule has 0 aromatic carbocycles. The minimum absolute atomic E-state index is 0.0347. The van der Waals surface area contributed by atoms with Crippen molar-refractivity contribution in [2.75, 3.05) is 24.3 Å². The topological polar surface area (TPSA) is 158 Å². The van der Waals surface area contributed by atoms with Crippen LogP contribution in [0.25, 0.3) is 11.2 Å². The lowest BCUT2D eigenvalue weighted by Crippen LogP contribution is -2.29. The largest absolute Gasteiger partial charge is 0.481 e. The molecule has 1 amide bonds. The number of nitrogens with one attached hydrogen (secondary N) is 2. The van der Waals surface area contributed by atoms with Crippen LogP contribution in [0, 0.1) is 23.7 Å². The van der Waals surface area contributed by atoms with Crippen LogP contribution >= 0.6 is 0 Å². The smallest absolute Gasteiger partial charge is 0.306 e. The molecule has 0 spiro atoms. The predicted molar refractivity (Wildman–Crippen MR) is 146 cm³/mol. The van der Waals surface area contributed by atoms with E-state index in [1.165, 1.54) is 6.92 Å². The highest BCUT2D eigenvalue weighted by atomic mass is 19.1. The molecule has 40 heavy (non-hydrogen) atoms. The second-order valence-electron chi connectivity index (χ2n) is 11.3. The van der Waals surface area contributed by atoms with E-state index >= 15 is 0 Å². The molecule has 0 saturated carbocycles. The maximum Gasteiger partial charge on any atom is 0.306 e. The van der Waals surface area contributed by atoms with E-state index < -0.39 is 30.4 Å². The summed E-state index contributed by atoms with van der Waals surface area (Å²) >= 11 is 0. The molecule has 2 aromatic heterocycles. The molecule has 5 atom stereocenters. The van der Waals surface area contributed by atoms with Crippen LogP contribution in [0.5, 0.6) is 0 Å². The minimum atomic E-state index is -1.34. The number of amides is 1. The van der Waals surface area contributed by atoms with Crippen molar-refractivity contribution in [2.45, 2.75) is 85.2 Å². The van der Waals surface area contributed by atoms with Crippen LogP contribution < -0.4 is 10.6 Å². The molecule has 3 N–H and O–H groups in total. The number of hydrogen-bond donors (Lipinski definition) is 3. The molecular formula is C27H41FN6O6. The van der Waals surface area contributed by atoms with Gasteiger partial charge in [0.05, 0.1) is 18.9 Å². The number of imidazole rings is 1. The lowest BCUT2D eigenvalue weighted by atomic mass is 9.85. The zero-order chi connectivity index (χ0) is 29.6. The van der Waals surface area contributed by atoms with Gasteiger partial charge in [-0.25, -0.2) is 9.37 Å². The maximum absolute atomic E-state index is 14.4. The number of rotatable bonds is 14. The quantitative estimate of drug-likeness (QED) is 0.284. The first-order chi connectivity index (χ1) is 18.9. The monoisotopic (exact) mass is 564 g/mol. The van der Waals surface area contributed by atoms with Gasteiger partial charge >= 0.3 is 11.9 Å². The number of aliphatic carboxylic acids is 1. The summed E-state index contributed by atoms with van der Waals surface area (Å²) < 4.78 is 27.9. The van der Waals surface area contributed by atoms with Crippen LogP contribution in [0.4, 0.5) is 16.2 Å². The van der Waals surface area contributed by atoms with E-state index in [4.69, 9.17) is 9.47 Å². The number of carbonyl (C=O) groups is 3. The van der Waals surface area contributed by atoms with Crippen LogP contribution in [0.2, 0.25) is 0 Å². The number of esters is 1. The number of hydrogen-bond acceptors (Lipinski definition) is 9. The van der Waals surface area contributed by atoms with Crippen LogP contribution in [-0.4, -0.2) is 68.4 Å². The summed E-state index contributed by atoms with van der Waals surface area (Å²) in [5, 5.41) is 15.0. The van der Waals surface area contributed by atoms with E-state index in [0.29, 0.717) is 29.8 Å². The van der Waals surface area contributed by atoms with Crippen molar-refractivity contribution >= 4 is 40.8 Å². The number of aromatic nitrogens is 4. The zero-order valence-electron chi connectivity index (χ0n) is 24.0. The summed E-state index contributed by atoms with van der Waals surface area (Å²) in [4.78, 5) is 49.4. The molecule has 0 radical (unpaired) electrons. The Labute approximate surface area is 233 Å². The van der Waals surface area contributed by atoms with Gasteiger partial charge in [-0.05, 0) is 37.5 Å². The van der Waals surface area contributed by atoms with Gasteiger partial charge in [0.15, 0.2) is 17.0 Å². The Kier molecular flexibility index (Phi) is 10.8. The molecule has 12 nitrogen and oxygen atoms in total. The van der Waals surface area contributed by atoms with Crippen LogP contribution in [0.1, 0.15) is 73.0 Å². The second kappa shape index (κ2) is 13.8. The highest BCUT2D eigenvalue weighted by Gasteiger charge is 2.40. The van der Waals surface area contributed by atoms with Gasteiger partial charge in [0.2, 0.25) is 11.9 Å². The molecule has 222 valence electrons. The molecule has 1 saturated heterocycles. The Morgan fingerprint density at radius 1 is 1.15 bits per heavy atom. The summed E-state index contributed by atoms with van der Waals surface area (Å²) in [7, 11) is 1.69. The molecule has 0 bridgehead atoms. The molecule has 1 aliphatic rings. The molecule has 1 fully saturated rings. The van der Waals surface area contributed by atoms with Gasteiger partial charge in [0, 0.05) is 25.8 Å². The predicted octanol–water partition coefficient (Wildman–Crippen LogP) is 4.18. The Bertz CT molecular complexity index is 1190. The number of alkyl halides is 1. The Balaban J connectivity index is 1.90. The zero-order valence-corrected chi connectivity index (χ0v) is 24.0. The second-order valence-corrected chi connectivity index (χ2v) is 11.3.